The van der Waals surface area contributed by atoms with Crippen LogP contribution in [0.3, 0.4) is 0 Å². The predicted octanol–water partition coefficient (Wildman–Crippen LogP) is 8.90. The van der Waals surface area contributed by atoms with Crippen LogP contribution < -0.4 is 4.90 Å². The molecule has 0 unspecified atom stereocenters. The van der Waals surface area contributed by atoms with Gasteiger partial charge in [-0.2, -0.15) is 0 Å². The van der Waals surface area contributed by atoms with E-state index in [1.54, 1.807) is 18.6 Å². The van der Waals surface area contributed by atoms with Crippen LogP contribution >= 0.6 is 0 Å². The van der Waals surface area contributed by atoms with Crippen molar-refractivity contribution in [2.24, 2.45) is 0 Å². The Bertz CT molecular complexity index is 2120. The minimum Gasteiger partial charge on any atom is -0.456 e. The summed E-state index contributed by atoms with van der Waals surface area (Å²) in [6.07, 6.45) is 7.21. The minimum atomic E-state index is 0.763. The van der Waals surface area contributed by atoms with Gasteiger partial charge in [-0.3, -0.25) is 9.97 Å². The lowest BCUT2D eigenvalue weighted by Gasteiger charge is -2.27. The zero-order chi connectivity index (χ0) is 24.3. The summed E-state index contributed by atoms with van der Waals surface area (Å²) in [5.74, 6) is 0. The highest BCUT2D eigenvalue weighted by molar-refractivity contribution is 6.17. The van der Waals surface area contributed by atoms with Gasteiger partial charge >= 0.3 is 0 Å². The third kappa shape index (κ3) is 2.91. The van der Waals surface area contributed by atoms with E-state index in [4.69, 9.17) is 8.83 Å². The lowest BCUT2D eigenvalue weighted by atomic mass is 10.0. The van der Waals surface area contributed by atoms with Gasteiger partial charge in [-0.25, -0.2) is 0 Å². The Hall–Kier alpha value is -5.16. The average molecular weight is 478 g/mol. The van der Waals surface area contributed by atoms with E-state index in [1.165, 1.54) is 0 Å². The number of furan rings is 2. The zero-order valence-corrected chi connectivity index (χ0v) is 19.6. The number of rotatable bonds is 3. The van der Waals surface area contributed by atoms with Crippen molar-refractivity contribution in [3.8, 4) is 0 Å². The van der Waals surface area contributed by atoms with Crippen molar-refractivity contribution in [2.45, 2.75) is 0 Å². The van der Waals surface area contributed by atoms with Gasteiger partial charge in [0.15, 0.2) is 11.2 Å². The van der Waals surface area contributed by atoms with E-state index in [0.717, 1.165) is 71.7 Å². The Morgan fingerprint density at radius 1 is 0.486 bits per heavy atom. The first-order valence-electron chi connectivity index (χ1n) is 12.2. The van der Waals surface area contributed by atoms with E-state index in [-0.39, 0.29) is 0 Å². The van der Waals surface area contributed by atoms with E-state index in [1.807, 2.05) is 30.5 Å². The van der Waals surface area contributed by atoms with Crippen molar-refractivity contribution in [2.75, 3.05) is 4.90 Å². The molecule has 174 valence electrons. The fraction of sp³-hybridized carbons (Fsp3) is 0. The Labute approximate surface area is 211 Å². The fourth-order valence-electron chi connectivity index (χ4n) is 5.45. The molecule has 0 fully saturated rings. The fourth-order valence-corrected chi connectivity index (χ4v) is 5.45. The topological polar surface area (TPSA) is 55.3 Å². The first-order chi connectivity index (χ1) is 18.4. The lowest BCUT2D eigenvalue weighted by molar-refractivity contribution is 0.666. The number of benzene rings is 4. The smallest absolute Gasteiger partial charge is 0.159 e. The highest BCUT2D eigenvalue weighted by Gasteiger charge is 2.24. The van der Waals surface area contributed by atoms with Crippen LogP contribution in [0.5, 0.6) is 0 Å². The van der Waals surface area contributed by atoms with Crippen LogP contribution in [0.4, 0.5) is 17.1 Å². The van der Waals surface area contributed by atoms with Gasteiger partial charge in [0, 0.05) is 40.1 Å². The number of fused-ring (bicyclic) bond motifs is 7. The van der Waals surface area contributed by atoms with Crippen LogP contribution in [0.15, 0.2) is 125 Å². The molecule has 0 spiro atoms. The largest absolute Gasteiger partial charge is 0.456 e. The van der Waals surface area contributed by atoms with Crippen molar-refractivity contribution in [3.05, 3.63) is 116 Å². The zero-order valence-electron chi connectivity index (χ0n) is 19.6. The quantitative estimate of drug-likeness (QED) is 0.254. The number of hydrogen-bond acceptors (Lipinski definition) is 5. The summed E-state index contributed by atoms with van der Waals surface area (Å²) in [5.41, 5.74) is 6.17. The molecule has 0 N–H and O–H groups in total. The summed E-state index contributed by atoms with van der Waals surface area (Å²) in [6.45, 7) is 0. The van der Waals surface area contributed by atoms with Crippen molar-refractivity contribution in [1.29, 1.82) is 0 Å². The first-order valence-corrected chi connectivity index (χ1v) is 12.2. The third-order valence-corrected chi connectivity index (χ3v) is 7.04. The molecule has 4 aromatic carbocycles. The average Bonchev–Trinajstić information content (AvgIpc) is 3.53. The molecule has 8 aromatic rings. The van der Waals surface area contributed by atoms with Gasteiger partial charge in [0.1, 0.15) is 11.2 Å². The summed E-state index contributed by atoms with van der Waals surface area (Å²) in [5, 5.41) is 6.37. The van der Waals surface area contributed by atoms with Crippen molar-refractivity contribution in [3.63, 3.8) is 0 Å². The number of pyridine rings is 2. The minimum absolute atomic E-state index is 0.763. The normalized spacial score (nSPS) is 11.8. The number of anilines is 3. The highest BCUT2D eigenvalue weighted by Crippen LogP contribution is 2.47. The molecule has 5 nitrogen and oxygen atoms in total. The molecule has 0 amide bonds. The summed E-state index contributed by atoms with van der Waals surface area (Å²) >= 11 is 0. The van der Waals surface area contributed by atoms with Crippen molar-refractivity contribution < 1.29 is 8.83 Å². The maximum absolute atomic E-state index is 6.46. The van der Waals surface area contributed by atoms with Crippen LogP contribution in [-0.4, -0.2) is 9.97 Å². The van der Waals surface area contributed by atoms with Gasteiger partial charge in [-0.05, 0) is 41.8 Å². The van der Waals surface area contributed by atoms with Crippen LogP contribution in [0, 0.1) is 0 Å². The Morgan fingerprint density at radius 3 is 2.24 bits per heavy atom. The highest BCUT2D eigenvalue weighted by atomic mass is 16.3. The lowest BCUT2D eigenvalue weighted by Crippen LogP contribution is -2.11. The number of aromatic nitrogens is 2. The van der Waals surface area contributed by atoms with Crippen LogP contribution in [0.1, 0.15) is 0 Å². The van der Waals surface area contributed by atoms with E-state index in [9.17, 15) is 0 Å². The van der Waals surface area contributed by atoms with Gasteiger partial charge in [0.25, 0.3) is 0 Å². The van der Waals surface area contributed by atoms with E-state index < -0.39 is 0 Å². The molecule has 8 rings (SSSR count). The maximum Gasteiger partial charge on any atom is 0.159 e. The second-order valence-corrected chi connectivity index (χ2v) is 9.09. The van der Waals surface area contributed by atoms with E-state index >= 15 is 0 Å². The summed E-state index contributed by atoms with van der Waals surface area (Å²) in [7, 11) is 0. The number of para-hydroxylation sites is 1. The van der Waals surface area contributed by atoms with Crippen molar-refractivity contribution in [1.82, 2.24) is 9.97 Å². The van der Waals surface area contributed by atoms with Gasteiger partial charge < -0.3 is 13.7 Å². The molecule has 0 radical (unpaired) electrons. The van der Waals surface area contributed by atoms with Crippen LogP contribution in [0.25, 0.3) is 54.6 Å². The van der Waals surface area contributed by atoms with Crippen molar-refractivity contribution >= 4 is 71.7 Å². The van der Waals surface area contributed by atoms with Gasteiger partial charge in [0.2, 0.25) is 0 Å². The predicted molar refractivity (Wildman–Crippen MR) is 149 cm³/mol. The Morgan fingerprint density at radius 2 is 1.24 bits per heavy atom. The summed E-state index contributed by atoms with van der Waals surface area (Å²) in [4.78, 5) is 11.0. The summed E-state index contributed by atoms with van der Waals surface area (Å²) in [6, 6.07) is 31.2. The van der Waals surface area contributed by atoms with E-state index in [0.29, 0.717) is 0 Å². The Kier molecular flexibility index (Phi) is 4.16. The molecule has 0 saturated heterocycles. The maximum atomic E-state index is 6.46. The third-order valence-electron chi connectivity index (χ3n) is 7.04. The molecule has 0 aliphatic heterocycles. The molecule has 0 atom stereocenters. The molecule has 4 heterocycles. The first kappa shape index (κ1) is 20.1. The molecule has 5 heteroatoms. The Balaban J connectivity index is 1.54. The van der Waals surface area contributed by atoms with Crippen LogP contribution in [-0.2, 0) is 0 Å². The van der Waals surface area contributed by atoms with Gasteiger partial charge in [-0.15, -0.1) is 0 Å². The van der Waals surface area contributed by atoms with Crippen LogP contribution in [0.2, 0.25) is 0 Å². The molecule has 0 bridgehead atoms. The van der Waals surface area contributed by atoms with Gasteiger partial charge in [-0.1, -0.05) is 54.6 Å². The number of nitrogens with zero attached hydrogens (tertiary/aromatic N) is 3. The van der Waals surface area contributed by atoms with Gasteiger partial charge in [0.05, 0.1) is 28.6 Å². The second-order valence-electron chi connectivity index (χ2n) is 9.09. The molecule has 37 heavy (non-hydrogen) atoms. The monoisotopic (exact) mass is 477 g/mol. The molecular weight excluding hydrogens is 458 g/mol. The SMILES string of the molecule is c1ccc2c(N(c3cccc4c3oc3cnccc34)c3cccc4oc5ccncc5c34)cccc2c1. The second kappa shape index (κ2) is 7.67. The standard InChI is InChI=1S/C32H19N3O2/c1-2-8-21-20(6-1)7-3-10-25(21)35(26-11-5-13-29-31(26)24-18-33-17-15-28(24)36-29)27-12-4-9-23-22-14-16-34-19-30(22)37-32(23)27/h1-19H. The molecule has 4 aromatic heterocycles. The summed E-state index contributed by atoms with van der Waals surface area (Å²) < 4.78 is 12.7. The molecule has 0 aliphatic rings. The molecule has 0 saturated carbocycles. The molecule has 0 aliphatic carbocycles. The van der Waals surface area contributed by atoms with E-state index in [2.05, 4.69) is 81.6 Å². The number of hydrogen-bond donors (Lipinski definition) is 0. The molecular formula is C32H19N3O2.